The first kappa shape index (κ1) is 30.1. The molecule has 1 atom stereocenters. The number of fused-ring (bicyclic) bond motifs is 2. The summed E-state index contributed by atoms with van der Waals surface area (Å²) in [6, 6.07) is 14.7. The highest BCUT2D eigenvalue weighted by molar-refractivity contribution is 5.89. The van der Waals surface area contributed by atoms with E-state index in [9.17, 15) is 9.90 Å². The van der Waals surface area contributed by atoms with Crippen molar-refractivity contribution in [2.75, 3.05) is 29.4 Å². The van der Waals surface area contributed by atoms with Crippen molar-refractivity contribution in [2.24, 2.45) is 5.41 Å². The highest BCUT2D eigenvalue weighted by Gasteiger charge is 2.36. The van der Waals surface area contributed by atoms with Gasteiger partial charge in [-0.2, -0.15) is 0 Å². The van der Waals surface area contributed by atoms with Gasteiger partial charge >= 0.3 is 5.97 Å². The minimum Gasteiger partial charge on any atom is -0.479 e. The average Bonchev–Trinajstić information content (AvgIpc) is 3.39. The normalized spacial score (nSPS) is 17.5. The topological polar surface area (TPSA) is 91.9 Å². The van der Waals surface area contributed by atoms with E-state index < -0.39 is 17.7 Å². The first-order valence-electron chi connectivity index (χ1n) is 15.7. The molecule has 4 aromatic rings. The third-order valence-corrected chi connectivity index (χ3v) is 9.14. The van der Waals surface area contributed by atoms with Crippen LogP contribution in [0.1, 0.15) is 81.6 Å². The number of carboxylic acids is 1. The number of pyridine rings is 1. The second-order valence-electron chi connectivity index (χ2n) is 14.2. The van der Waals surface area contributed by atoms with Crippen molar-refractivity contribution in [1.82, 2.24) is 10.1 Å². The number of hydrogen-bond donors (Lipinski definition) is 1. The second-order valence-corrected chi connectivity index (χ2v) is 14.2. The fourth-order valence-electron chi connectivity index (χ4n) is 6.74. The Morgan fingerprint density at radius 1 is 1.00 bits per heavy atom. The molecule has 6 rings (SSSR count). The molecule has 44 heavy (non-hydrogen) atoms. The number of nitrogens with zero attached hydrogens (tertiary/aromatic N) is 4. The number of carboxylic acid groups (broad SMARTS) is 1. The summed E-state index contributed by atoms with van der Waals surface area (Å²) in [7, 11) is 0. The highest BCUT2D eigenvalue weighted by atomic mass is 16.5. The van der Waals surface area contributed by atoms with E-state index in [1.807, 2.05) is 52.8 Å². The number of aromatic nitrogens is 2. The molecule has 1 N–H and O–H groups in total. The molecule has 8 nitrogen and oxygen atoms in total. The van der Waals surface area contributed by atoms with Gasteiger partial charge in [0.15, 0.2) is 17.5 Å². The van der Waals surface area contributed by atoms with E-state index in [0.29, 0.717) is 11.3 Å². The van der Waals surface area contributed by atoms with Gasteiger partial charge in [-0.25, -0.2) is 4.79 Å². The van der Waals surface area contributed by atoms with Crippen molar-refractivity contribution >= 4 is 28.4 Å². The molecule has 8 heteroatoms. The Morgan fingerprint density at radius 2 is 1.73 bits per heavy atom. The molecule has 2 aromatic carbocycles. The summed E-state index contributed by atoms with van der Waals surface area (Å²) in [6.07, 6.45) is 1.80. The van der Waals surface area contributed by atoms with Gasteiger partial charge in [-0.15, -0.1) is 0 Å². The van der Waals surface area contributed by atoms with Gasteiger partial charge in [0, 0.05) is 48.7 Å². The Balaban J connectivity index is 1.44. The van der Waals surface area contributed by atoms with E-state index in [1.165, 1.54) is 11.1 Å². The lowest BCUT2D eigenvalue weighted by molar-refractivity contribution is -0.160. The Bertz CT molecular complexity index is 1710. The number of benzene rings is 2. The predicted octanol–water partition coefficient (Wildman–Crippen LogP) is 7.64. The number of para-hydroxylation sites is 1. The summed E-state index contributed by atoms with van der Waals surface area (Å²) in [6.45, 7) is 17.6. The maximum Gasteiger partial charge on any atom is 0.337 e. The summed E-state index contributed by atoms with van der Waals surface area (Å²) in [5.74, 6) is -0.114. The lowest BCUT2D eigenvalue weighted by atomic mass is 9.81. The van der Waals surface area contributed by atoms with E-state index in [0.717, 1.165) is 84.7 Å². The summed E-state index contributed by atoms with van der Waals surface area (Å²) < 4.78 is 11.8. The van der Waals surface area contributed by atoms with Gasteiger partial charge in [0.1, 0.15) is 0 Å². The molecule has 2 aliphatic rings. The number of aryl methyl sites for hydroxylation is 2. The van der Waals surface area contributed by atoms with Crippen molar-refractivity contribution in [3.8, 4) is 11.1 Å². The van der Waals surface area contributed by atoms with Gasteiger partial charge in [0.05, 0.1) is 16.7 Å². The molecule has 2 aromatic heterocycles. The van der Waals surface area contributed by atoms with Gasteiger partial charge in [0.2, 0.25) is 0 Å². The molecule has 4 heterocycles. The summed E-state index contributed by atoms with van der Waals surface area (Å²) in [5, 5.41) is 15.9. The fourth-order valence-corrected chi connectivity index (χ4v) is 6.74. The fraction of sp³-hybridized carbons (Fsp3) is 0.472. The lowest BCUT2D eigenvalue weighted by Crippen LogP contribution is -2.39. The second kappa shape index (κ2) is 11.2. The summed E-state index contributed by atoms with van der Waals surface area (Å²) >= 11 is 0. The van der Waals surface area contributed by atoms with Crippen molar-refractivity contribution in [3.63, 3.8) is 0 Å². The minimum atomic E-state index is -1.13. The largest absolute Gasteiger partial charge is 0.479 e. The van der Waals surface area contributed by atoms with Crippen molar-refractivity contribution in [1.29, 1.82) is 0 Å². The van der Waals surface area contributed by atoms with Crippen molar-refractivity contribution in [3.05, 3.63) is 70.5 Å². The van der Waals surface area contributed by atoms with Crippen LogP contribution in [0.2, 0.25) is 0 Å². The van der Waals surface area contributed by atoms with E-state index >= 15 is 0 Å². The zero-order chi connectivity index (χ0) is 31.4. The maximum atomic E-state index is 12.8. The van der Waals surface area contributed by atoms with Crippen LogP contribution >= 0.6 is 0 Å². The van der Waals surface area contributed by atoms with Gasteiger partial charge in [0.25, 0.3) is 0 Å². The molecule has 1 saturated heterocycles. The number of piperidine rings is 1. The average molecular weight is 597 g/mol. The van der Waals surface area contributed by atoms with E-state index in [1.54, 1.807) is 0 Å². The monoisotopic (exact) mass is 596 g/mol. The Kier molecular flexibility index (Phi) is 7.68. The maximum absolute atomic E-state index is 12.8. The van der Waals surface area contributed by atoms with E-state index in [4.69, 9.17) is 14.2 Å². The molecule has 0 amide bonds. The molecule has 232 valence electrons. The molecule has 0 saturated carbocycles. The van der Waals surface area contributed by atoms with E-state index in [-0.39, 0.29) is 5.41 Å². The van der Waals surface area contributed by atoms with Crippen LogP contribution in [0, 0.1) is 19.3 Å². The molecule has 1 fully saturated rings. The third kappa shape index (κ3) is 5.80. The number of aliphatic carboxylic acids is 1. The molecular formula is C36H44N4O4. The van der Waals surface area contributed by atoms with Crippen LogP contribution in [0.3, 0.4) is 0 Å². The molecule has 0 bridgehead atoms. The standard InChI is InChI=1S/C36H44N4O4/c1-22-29(25-12-13-26-21-40(17-14-24(26)20-25)33-27-10-8-9-11-28(27)44-38-33)31(39-18-15-36(6,7)16-19-39)30(23(2)37-22)32(34(41)42)43-35(3,4)5/h8-13,20,32H,14-19,21H2,1-7H3,(H,41,42). The molecule has 2 aliphatic heterocycles. The van der Waals surface area contributed by atoms with Crippen LogP contribution in [-0.4, -0.2) is 46.5 Å². The highest BCUT2D eigenvalue weighted by Crippen LogP contribution is 2.45. The van der Waals surface area contributed by atoms with Gasteiger partial charge in [-0.3, -0.25) is 4.98 Å². The van der Waals surface area contributed by atoms with Crippen molar-refractivity contribution in [2.45, 2.75) is 86.0 Å². The number of ether oxygens (including phenoxy) is 1. The lowest BCUT2D eigenvalue weighted by Gasteiger charge is -2.41. The number of rotatable bonds is 6. The van der Waals surface area contributed by atoms with Crippen molar-refractivity contribution < 1.29 is 19.2 Å². The number of carbonyl (C=O) groups is 1. The third-order valence-electron chi connectivity index (χ3n) is 9.14. The molecule has 0 spiro atoms. The van der Waals surface area contributed by atoms with Crippen LogP contribution in [0.5, 0.6) is 0 Å². The van der Waals surface area contributed by atoms with Crippen LogP contribution in [-0.2, 0) is 22.5 Å². The first-order valence-corrected chi connectivity index (χ1v) is 15.7. The van der Waals surface area contributed by atoms with E-state index in [2.05, 4.69) is 53.1 Å². The van der Waals surface area contributed by atoms with Crippen LogP contribution in [0.4, 0.5) is 11.5 Å². The number of anilines is 2. The summed E-state index contributed by atoms with van der Waals surface area (Å²) in [4.78, 5) is 22.4. The number of hydrogen-bond acceptors (Lipinski definition) is 7. The zero-order valence-electron chi connectivity index (χ0n) is 27.0. The smallest absolute Gasteiger partial charge is 0.337 e. The zero-order valence-corrected chi connectivity index (χ0v) is 27.0. The molecule has 1 unspecified atom stereocenters. The van der Waals surface area contributed by atoms with Gasteiger partial charge in [-0.1, -0.05) is 49.3 Å². The SMILES string of the molecule is Cc1nc(C)c(C(OC(C)(C)C)C(=O)O)c(N2CCC(C)(C)CC2)c1-c1ccc2c(c1)CCN(c1noc3ccccc13)C2. The molecule has 0 aliphatic carbocycles. The van der Waals surface area contributed by atoms with Crippen LogP contribution in [0.15, 0.2) is 47.0 Å². The minimum absolute atomic E-state index is 0.245. The molecular weight excluding hydrogens is 552 g/mol. The predicted molar refractivity (Wildman–Crippen MR) is 174 cm³/mol. The van der Waals surface area contributed by atoms with Gasteiger partial charge < -0.3 is 24.2 Å². The quantitative estimate of drug-likeness (QED) is 0.243. The first-order chi connectivity index (χ1) is 20.8. The van der Waals surface area contributed by atoms with Gasteiger partial charge in [-0.05, 0) is 88.1 Å². The van der Waals surface area contributed by atoms with Crippen LogP contribution in [0.25, 0.3) is 22.1 Å². The van der Waals surface area contributed by atoms with Crippen LogP contribution < -0.4 is 9.80 Å². The summed E-state index contributed by atoms with van der Waals surface area (Å²) in [5.41, 5.74) is 8.23. The Labute approximate surface area is 260 Å². The Morgan fingerprint density at radius 3 is 2.43 bits per heavy atom. The molecule has 0 radical (unpaired) electrons. The Hall–Kier alpha value is -3.91.